The van der Waals surface area contributed by atoms with Crippen molar-refractivity contribution in [1.29, 1.82) is 0 Å². The number of rotatable bonds is 12. The molecule has 0 aromatic heterocycles. The molecule has 0 aromatic rings. The van der Waals surface area contributed by atoms with E-state index in [2.05, 4.69) is 23.2 Å². The van der Waals surface area contributed by atoms with Crippen LogP contribution in [-0.4, -0.2) is 45.2 Å². The van der Waals surface area contributed by atoms with Crippen molar-refractivity contribution in [3.8, 4) is 0 Å². The van der Waals surface area contributed by atoms with Gasteiger partial charge in [0.1, 0.15) is 30.2 Å². The second-order valence-corrected chi connectivity index (χ2v) is 6.88. The van der Waals surface area contributed by atoms with E-state index in [1.54, 1.807) is 0 Å². The zero-order chi connectivity index (χ0) is 21.4. The molecular formula is C19H27F4NO4. The highest BCUT2D eigenvalue weighted by molar-refractivity contribution is 5.67. The quantitative estimate of drug-likeness (QED) is 0.220. The lowest BCUT2D eigenvalue weighted by Gasteiger charge is -2.18. The third kappa shape index (κ3) is 7.92. The minimum atomic E-state index is -4.36. The Labute approximate surface area is 162 Å². The van der Waals surface area contributed by atoms with Gasteiger partial charge in [0, 0.05) is 12.6 Å². The van der Waals surface area contributed by atoms with Crippen LogP contribution < -0.4 is 5.32 Å². The number of amides is 1. The molecule has 1 rings (SSSR count). The topological polar surface area (TPSA) is 56.8 Å². The molecule has 5 nitrogen and oxygen atoms in total. The summed E-state index contributed by atoms with van der Waals surface area (Å²) in [6.45, 7) is 10.6. The van der Waals surface area contributed by atoms with E-state index in [9.17, 15) is 22.4 Å². The van der Waals surface area contributed by atoms with Crippen molar-refractivity contribution >= 4 is 6.09 Å². The van der Waals surface area contributed by atoms with Crippen LogP contribution >= 0.6 is 0 Å². The minimum Gasteiger partial charge on any atom is -0.491 e. The summed E-state index contributed by atoms with van der Waals surface area (Å²) in [4.78, 5) is 11.4. The van der Waals surface area contributed by atoms with Gasteiger partial charge in [-0.15, -0.1) is 0 Å². The molecule has 1 aliphatic carbocycles. The number of allylic oxidation sites excluding steroid dienone is 3. The van der Waals surface area contributed by atoms with E-state index in [0.29, 0.717) is 5.57 Å². The number of alkyl carbamates (subject to hydrolysis) is 1. The summed E-state index contributed by atoms with van der Waals surface area (Å²) in [6.07, 6.45) is -4.19. The average molecular weight is 409 g/mol. The smallest absolute Gasteiger partial charge is 0.407 e. The van der Waals surface area contributed by atoms with Crippen molar-refractivity contribution in [2.75, 3.05) is 33.0 Å². The number of hydrogen-bond donors (Lipinski definition) is 1. The summed E-state index contributed by atoms with van der Waals surface area (Å²) in [5, 5.41) is 2.31. The summed E-state index contributed by atoms with van der Waals surface area (Å²) in [5.41, 5.74) is -1.26. The van der Waals surface area contributed by atoms with Gasteiger partial charge in [-0.25, -0.2) is 9.18 Å². The van der Waals surface area contributed by atoms with Crippen LogP contribution in [0.4, 0.5) is 22.4 Å². The van der Waals surface area contributed by atoms with E-state index in [0.717, 1.165) is 6.08 Å². The SMILES string of the molecule is C=C(F)/C=C(/OCCOCCNC(=O)OCC1(C(F)(F)F)CC1)C(=C)C(C)C. The average Bonchev–Trinajstić information content (AvgIpc) is 3.38. The summed E-state index contributed by atoms with van der Waals surface area (Å²) < 4.78 is 66.4. The molecule has 1 saturated carbocycles. The van der Waals surface area contributed by atoms with Crippen LogP contribution in [-0.2, 0) is 14.2 Å². The molecule has 0 unspecified atom stereocenters. The summed E-state index contributed by atoms with van der Waals surface area (Å²) >= 11 is 0. The van der Waals surface area contributed by atoms with Crippen molar-refractivity contribution in [2.24, 2.45) is 11.3 Å². The maximum Gasteiger partial charge on any atom is 0.407 e. The molecule has 0 spiro atoms. The maximum absolute atomic E-state index is 13.0. The normalized spacial score (nSPS) is 15.9. The van der Waals surface area contributed by atoms with E-state index < -0.39 is 30.1 Å². The van der Waals surface area contributed by atoms with Gasteiger partial charge >= 0.3 is 12.3 Å². The molecular weight excluding hydrogens is 382 g/mol. The van der Waals surface area contributed by atoms with Gasteiger partial charge < -0.3 is 19.5 Å². The fourth-order valence-corrected chi connectivity index (χ4v) is 2.11. The van der Waals surface area contributed by atoms with Gasteiger partial charge in [-0.05, 0) is 24.3 Å². The molecule has 0 atom stereocenters. The number of nitrogens with one attached hydrogen (secondary N) is 1. The molecule has 0 aromatic carbocycles. The van der Waals surface area contributed by atoms with Crippen LogP contribution in [0.5, 0.6) is 0 Å². The maximum atomic E-state index is 13.0. The van der Waals surface area contributed by atoms with Crippen LogP contribution in [0.15, 0.2) is 36.4 Å². The van der Waals surface area contributed by atoms with Crippen LogP contribution in [0.3, 0.4) is 0 Å². The van der Waals surface area contributed by atoms with Gasteiger partial charge in [0.2, 0.25) is 0 Å². The molecule has 0 bridgehead atoms. The highest BCUT2D eigenvalue weighted by Gasteiger charge is 2.64. The van der Waals surface area contributed by atoms with E-state index in [-0.39, 0.29) is 50.9 Å². The predicted molar refractivity (Wildman–Crippen MR) is 96.2 cm³/mol. The molecule has 9 heteroatoms. The lowest BCUT2D eigenvalue weighted by atomic mass is 10.0. The fraction of sp³-hybridized carbons (Fsp3) is 0.632. The van der Waals surface area contributed by atoms with Crippen LogP contribution in [0.25, 0.3) is 0 Å². The molecule has 28 heavy (non-hydrogen) atoms. The Bertz CT molecular complexity index is 595. The molecule has 0 saturated heterocycles. The molecule has 0 radical (unpaired) electrons. The Kier molecular flexibility index (Phi) is 9.00. The first-order valence-corrected chi connectivity index (χ1v) is 8.92. The molecule has 0 heterocycles. The predicted octanol–water partition coefficient (Wildman–Crippen LogP) is 4.67. The van der Waals surface area contributed by atoms with E-state index in [1.807, 2.05) is 13.8 Å². The van der Waals surface area contributed by atoms with Crippen LogP contribution in [0, 0.1) is 11.3 Å². The molecule has 1 aliphatic rings. The lowest BCUT2D eigenvalue weighted by molar-refractivity contribution is -0.196. The van der Waals surface area contributed by atoms with Crippen molar-refractivity contribution in [1.82, 2.24) is 5.32 Å². The third-order valence-electron chi connectivity index (χ3n) is 4.24. The van der Waals surface area contributed by atoms with E-state index in [1.165, 1.54) is 0 Å². The van der Waals surface area contributed by atoms with Gasteiger partial charge in [0.05, 0.1) is 13.2 Å². The van der Waals surface area contributed by atoms with Gasteiger partial charge in [-0.2, -0.15) is 13.2 Å². The van der Waals surface area contributed by atoms with Crippen LogP contribution in [0.2, 0.25) is 0 Å². The van der Waals surface area contributed by atoms with Crippen molar-refractivity contribution < 1.29 is 36.6 Å². The van der Waals surface area contributed by atoms with Gasteiger partial charge in [0.25, 0.3) is 0 Å². The number of alkyl halides is 3. The van der Waals surface area contributed by atoms with Gasteiger partial charge in [0.15, 0.2) is 0 Å². The first-order valence-electron chi connectivity index (χ1n) is 8.92. The molecule has 1 amide bonds. The number of hydrogen-bond acceptors (Lipinski definition) is 4. The monoisotopic (exact) mass is 409 g/mol. The molecule has 0 aliphatic heterocycles. The van der Waals surface area contributed by atoms with E-state index >= 15 is 0 Å². The Balaban J connectivity index is 2.16. The zero-order valence-electron chi connectivity index (χ0n) is 16.2. The molecule has 1 fully saturated rings. The highest BCUT2D eigenvalue weighted by Crippen LogP contribution is 2.57. The third-order valence-corrected chi connectivity index (χ3v) is 4.24. The second-order valence-electron chi connectivity index (χ2n) is 6.88. The van der Waals surface area contributed by atoms with Crippen molar-refractivity contribution in [3.05, 3.63) is 36.4 Å². The first-order chi connectivity index (χ1) is 13.0. The van der Waals surface area contributed by atoms with Gasteiger partial charge in [-0.3, -0.25) is 0 Å². The number of carbonyl (C=O) groups is 1. The number of halogens is 4. The lowest BCUT2D eigenvalue weighted by Crippen LogP contribution is -2.34. The molecule has 1 N–H and O–H groups in total. The summed E-state index contributed by atoms with van der Waals surface area (Å²) in [7, 11) is 0. The summed E-state index contributed by atoms with van der Waals surface area (Å²) in [5.74, 6) is -0.306. The minimum absolute atomic E-state index is 0.0255. The second kappa shape index (κ2) is 10.5. The van der Waals surface area contributed by atoms with E-state index in [4.69, 9.17) is 9.47 Å². The largest absolute Gasteiger partial charge is 0.491 e. The Morgan fingerprint density at radius 3 is 2.32 bits per heavy atom. The zero-order valence-corrected chi connectivity index (χ0v) is 16.2. The Morgan fingerprint density at radius 2 is 1.82 bits per heavy atom. The number of ether oxygens (including phenoxy) is 3. The Morgan fingerprint density at radius 1 is 1.18 bits per heavy atom. The fourth-order valence-electron chi connectivity index (χ4n) is 2.11. The standard InChI is InChI=1S/C19H27F4NO4/c1-13(2)15(4)16(11-14(3)20)27-10-9-26-8-7-24-17(25)28-12-18(5-6-18)19(21,22)23/h11,13H,3-10,12H2,1-2H3,(H,24,25)/b16-11+. The van der Waals surface area contributed by atoms with Crippen molar-refractivity contribution in [3.63, 3.8) is 0 Å². The number of carbonyl (C=O) groups excluding carboxylic acids is 1. The van der Waals surface area contributed by atoms with Crippen LogP contribution in [0.1, 0.15) is 26.7 Å². The van der Waals surface area contributed by atoms with Crippen molar-refractivity contribution in [2.45, 2.75) is 32.9 Å². The highest BCUT2D eigenvalue weighted by atomic mass is 19.4. The van der Waals surface area contributed by atoms with Gasteiger partial charge in [-0.1, -0.05) is 27.0 Å². The Hall–Kier alpha value is -2.03. The summed E-state index contributed by atoms with van der Waals surface area (Å²) in [6, 6.07) is 0. The molecule has 160 valence electrons. The first kappa shape index (κ1) is 24.0.